The molecule has 1 heterocycles. The number of hydrogen-bond acceptors (Lipinski definition) is 3. The highest BCUT2D eigenvalue weighted by molar-refractivity contribution is 5.87. The van der Waals surface area contributed by atoms with E-state index >= 15 is 4.39 Å². The lowest BCUT2D eigenvalue weighted by molar-refractivity contribution is -0.121. The number of para-hydroxylation sites is 1. The van der Waals surface area contributed by atoms with Gasteiger partial charge in [-0.1, -0.05) is 48.0 Å². The molecule has 0 bridgehead atoms. The Kier molecular flexibility index (Phi) is 7.83. The highest BCUT2D eigenvalue weighted by atomic mass is 19.1. The van der Waals surface area contributed by atoms with Gasteiger partial charge < -0.3 is 19.4 Å². The minimum Gasteiger partial charge on any atom is -0.497 e. The Balaban J connectivity index is 1.76. The van der Waals surface area contributed by atoms with Gasteiger partial charge in [0.2, 0.25) is 5.91 Å². The molecule has 0 aliphatic rings. The van der Waals surface area contributed by atoms with Crippen LogP contribution in [0, 0.1) is 12.7 Å². The number of nitrogens with zero attached hydrogens (tertiary/aromatic N) is 1. The number of halogens is 1. The summed E-state index contributed by atoms with van der Waals surface area (Å²) in [5.41, 5.74) is 4.57. The number of hydrogen-bond donors (Lipinski definition) is 1. The first-order chi connectivity index (χ1) is 17.0. The van der Waals surface area contributed by atoms with Gasteiger partial charge in [-0.25, -0.2) is 4.39 Å². The van der Waals surface area contributed by atoms with E-state index in [4.69, 9.17) is 9.47 Å². The number of carbonyl (C=O) groups is 1. The first kappa shape index (κ1) is 24.5. The Morgan fingerprint density at radius 3 is 2.54 bits per heavy atom. The second-order valence-corrected chi connectivity index (χ2v) is 8.70. The molecule has 0 radical (unpaired) electrons. The number of nitrogens with one attached hydrogen (secondary N) is 1. The topological polar surface area (TPSA) is 52.5 Å². The largest absolute Gasteiger partial charge is 0.497 e. The van der Waals surface area contributed by atoms with Crippen molar-refractivity contribution < 1.29 is 18.7 Å². The van der Waals surface area contributed by atoms with Gasteiger partial charge in [0.15, 0.2) is 0 Å². The van der Waals surface area contributed by atoms with Crippen LogP contribution in [0.2, 0.25) is 0 Å². The van der Waals surface area contributed by atoms with Crippen molar-refractivity contribution in [3.63, 3.8) is 0 Å². The molecular formula is C29H31FN2O3. The zero-order valence-corrected chi connectivity index (χ0v) is 20.4. The minimum absolute atomic E-state index is 0.139. The molecule has 0 spiro atoms. The average molecular weight is 475 g/mol. The van der Waals surface area contributed by atoms with E-state index in [1.165, 1.54) is 6.07 Å². The number of methoxy groups -OCH3 is 2. The molecule has 4 aromatic rings. The van der Waals surface area contributed by atoms with E-state index in [9.17, 15) is 4.79 Å². The Bertz CT molecular complexity index is 1300. The van der Waals surface area contributed by atoms with Gasteiger partial charge in [-0.2, -0.15) is 0 Å². The molecular weight excluding hydrogens is 443 g/mol. The maximum Gasteiger partial charge on any atom is 0.221 e. The molecule has 0 fully saturated rings. The number of carbonyl (C=O) groups excluding carboxylic acids is 1. The standard InChI is InChI=1S/C29H31FN2O3/c1-20-8-13-27(30)25(16-20)24(17-29(33)31-14-15-34-2)26-19-32(28-7-5-4-6-23(26)28)18-21-9-11-22(35-3)12-10-21/h4-13,16,19,24H,14-15,17-18H2,1-3H3,(H,31,33). The second kappa shape index (κ2) is 11.2. The molecule has 4 rings (SSSR count). The van der Waals surface area contributed by atoms with Gasteiger partial charge in [-0.05, 0) is 47.9 Å². The molecule has 0 saturated carbocycles. The van der Waals surface area contributed by atoms with Crippen LogP contribution >= 0.6 is 0 Å². The van der Waals surface area contributed by atoms with E-state index in [0.717, 1.165) is 33.3 Å². The van der Waals surface area contributed by atoms with Crippen LogP contribution in [0.5, 0.6) is 5.75 Å². The summed E-state index contributed by atoms with van der Waals surface area (Å²) in [7, 11) is 3.24. The number of amides is 1. The maximum atomic E-state index is 15.1. The fraction of sp³-hybridized carbons (Fsp3) is 0.276. The third kappa shape index (κ3) is 5.72. The summed E-state index contributed by atoms with van der Waals surface area (Å²) in [5.74, 6) is -0.0713. The molecule has 0 saturated heterocycles. The summed E-state index contributed by atoms with van der Waals surface area (Å²) in [6.07, 6.45) is 2.20. The SMILES string of the molecule is COCCNC(=O)CC(c1cc(C)ccc1F)c1cn(Cc2ccc(OC)cc2)c2ccccc12. The van der Waals surface area contributed by atoms with Crippen LogP contribution in [-0.2, 0) is 16.1 Å². The first-order valence-corrected chi connectivity index (χ1v) is 11.7. The van der Waals surface area contributed by atoms with Gasteiger partial charge in [-0.3, -0.25) is 4.79 Å². The predicted octanol–water partition coefficient (Wildman–Crippen LogP) is 5.43. The third-order valence-electron chi connectivity index (χ3n) is 6.25. The molecule has 3 aromatic carbocycles. The van der Waals surface area contributed by atoms with Crippen molar-refractivity contribution in [3.8, 4) is 5.75 Å². The molecule has 1 unspecified atom stereocenters. The van der Waals surface area contributed by atoms with Crippen LogP contribution in [0.15, 0.2) is 72.9 Å². The van der Waals surface area contributed by atoms with Crippen molar-refractivity contribution >= 4 is 16.8 Å². The monoisotopic (exact) mass is 474 g/mol. The lowest BCUT2D eigenvalue weighted by Crippen LogP contribution is -2.28. The average Bonchev–Trinajstić information content (AvgIpc) is 3.23. The molecule has 0 aliphatic heterocycles. The predicted molar refractivity (Wildman–Crippen MR) is 137 cm³/mol. The Labute approximate surface area is 205 Å². The second-order valence-electron chi connectivity index (χ2n) is 8.70. The Hall–Kier alpha value is -3.64. The van der Waals surface area contributed by atoms with Crippen molar-refractivity contribution in [2.24, 2.45) is 0 Å². The van der Waals surface area contributed by atoms with E-state index in [1.54, 1.807) is 20.3 Å². The van der Waals surface area contributed by atoms with Crippen molar-refractivity contribution in [2.75, 3.05) is 27.4 Å². The van der Waals surface area contributed by atoms with E-state index in [0.29, 0.717) is 25.3 Å². The number of aromatic nitrogens is 1. The van der Waals surface area contributed by atoms with Crippen LogP contribution < -0.4 is 10.1 Å². The summed E-state index contributed by atoms with van der Waals surface area (Å²) in [6.45, 7) is 3.42. The van der Waals surface area contributed by atoms with Gasteiger partial charge in [0.1, 0.15) is 11.6 Å². The van der Waals surface area contributed by atoms with E-state index < -0.39 is 5.92 Å². The molecule has 1 atom stereocenters. The van der Waals surface area contributed by atoms with Crippen molar-refractivity contribution in [1.82, 2.24) is 9.88 Å². The van der Waals surface area contributed by atoms with E-state index in [2.05, 4.69) is 22.1 Å². The lowest BCUT2D eigenvalue weighted by atomic mass is 9.87. The van der Waals surface area contributed by atoms with Crippen molar-refractivity contribution in [3.05, 3.63) is 101 Å². The zero-order valence-electron chi connectivity index (χ0n) is 20.4. The van der Waals surface area contributed by atoms with Gasteiger partial charge >= 0.3 is 0 Å². The van der Waals surface area contributed by atoms with Crippen LogP contribution in [0.3, 0.4) is 0 Å². The van der Waals surface area contributed by atoms with Gasteiger partial charge in [0.25, 0.3) is 0 Å². The first-order valence-electron chi connectivity index (χ1n) is 11.7. The van der Waals surface area contributed by atoms with Crippen LogP contribution in [0.25, 0.3) is 10.9 Å². The minimum atomic E-state index is -0.431. The van der Waals surface area contributed by atoms with Gasteiger partial charge in [0, 0.05) is 49.6 Å². The molecule has 1 aromatic heterocycles. The Morgan fingerprint density at radius 1 is 1.03 bits per heavy atom. The molecule has 35 heavy (non-hydrogen) atoms. The molecule has 0 aliphatic carbocycles. The number of fused-ring (bicyclic) bond motifs is 1. The van der Waals surface area contributed by atoms with Gasteiger partial charge in [0.05, 0.1) is 13.7 Å². The summed E-state index contributed by atoms with van der Waals surface area (Å²) in [6, 6.07) is 21.1. The van der Waals surface area contributed by atoms with E-state index in [1.807, 2.05) is 55.5 Å². The molecule has 5 nitrogen and oxygen atoms in total. The number of aryl methyl sites for hydroxylation is 1. The lowest BCUT2D eigenvalue weighted by Gasteiger charge is -2.18. The Morgan fingerprint density at radius 2 is 1.80 bits per heavy atom. The summed E-state index contributed by atoms with van der Waals surface area (Å²) >= 11 is 0. The normalized spacial score (nSPS) is 12.0. The number of benzene rings is 3. The van der Waals surface area contributed by atoms with Gasteiger partial charge in [-0.15, -0.1) is 0 Å². The van der Waals surface area contributed by atoms with Crippen LogP contribution in [0.4, 0.5) is 4.39 Å². The number of rotatable bonds is 10. The molecule has 6 heteroatoms. The third-order valence-corrected chi connectivity index (χ3v) is 6.25. The smallest absolute Gasteiger partial charge is 0.221 e. The van der Waals surface area contributed by atoms with E-state index in [-0.39, 0.29) is 18.1 Å². The summed E-state index contributed by atoms with van der Waals surface area (Å²) in [4.78, 5) is 12.9. The highest BCUT2D eigenvalue weighted by Gasteiger charge is 2.25. The van der Waals surface area contributed by atoms with Crippen LogP contribution in [-0.4, -0.2) is 37.8 Å². The molecule has 1 amide bonds. The zero-order chi connectivity index (χ0) is 24.8. The van der Waals surface area contributed by atoms with Crippen molar-refractivity contribution in [1.29, 1.82) is 0 Å². The quantitative estimate of drug-likeness (QED) is 0.312. The summed E-state index contributed by atoms with van der Waals surface area (Å²) < 4.78 is 27.6. The fourth-order valence-electron chi connectivity index (χ4n) is 4.48. The highest BCUT2D eigenvalue weighted by Crippen LogP contribution is 2.36. The maximum absolute atomic E-state index is 15.1. The van der Waals surface area contributed by atoms with Crippen molar-refractivity contribution in [2.45, 2.75) is 25.8 Å². The molecule has 1 N–H and O–H groups in total. The fourth-order valence-corrected chi connectivity index (χ4v) is 4.48. The number of ether oxygens (including phenoxy) is 2. The van der Waals surface area contributed by atoms with Crippen LogP contribution in [0.1, 0.15) is 34.6 Å². The molecule has 182 valence electrons. The summed E-state index contributed by atoms with van der Waals surface area (Å²) in [5, 5.41) is 3.90.